The van der Waals surface area contributed by atoms with E-state index in [9.17, 15) is 5.11 Å². The number of epoxide rings is 1. The maximum atomic E-state index is 10.2. The Morgan fingerprint density at radius 2 is 1.65 bits per heavy atom. The molecule has 1 aliphatic heterocycles. The quantitative estimate of drug-likeness (QED) is 0.509. The molecular formula is C15H20O2. The van der Waals surface area contributed by atoms with E-state index in [4.69, 9.17) is 4.74 Å². The van der Waals surface area contributed by atoms with Crippen molar-refractivity contribution >= 4 is 0 Å². The van der Waals surface area contributed by atoms with E-state index in [1.807, 2.05) is 0 Å². The molecule has 5 saturated carbocycles. The first-order valence-corrected chi connectivity index (χ1v) is 7.66. The van der Waals surface area contributed by atoms with Crippen molar-refractivity contribution in [2.24, 2.45) is 47.3 Å². The van der Waals surface area contributed by atoms with Crippen molar-refractivity contribution in [3.05, 3.63) is 0 Å². The van der Waals surface area contributed by atoms with Gasteiger partial charge < -0.3 is 9.84 Å². The fraction of sp³-hybridized carbons (Fsp3) is 1.00. The second-order valence-electron chi connectivity index (χ2n) is 7.80. The van der Waals surface area contributed by atoms with Crippen LogP contribution in [0.2, 0.25) is 0 Å². The molecule has 2 nitrogen and oxygen atoms in total. The fourth-order valence-corrected chi connectivity index (χ4v) is 7.53. The summed E-state index contributed by atoms with van der Waals surface area (Å²) >= 11 is 0. The molecule has 4 bridgehead atoms. The van der Waals surface area contributed by atoms with Gasteiger partial charge in [0, 0.05) is 0 Å². The van der Waals surface area contributed by atoms with Crippen LogP contribution in [0.3, 0.4) is 0 Å². The van der Waals surface area contributed by atoms with Gasteiger partial charge in [-0.15, -0.1) is 0 Å². The summed E-state index contributed by atoms with van der Waals surface area (Å²) in [6.07, 6.45) is 6.76. The molecule has 17 heavy (non-hydrogen) atoms. The van der Waals surface area contributed by atoms with Gasteiger partial charge in [-0.25, -0.2) is 0 Å². The Bertz CT molecular complexity index is 408. The standard InChI is InChI=1S/C15H20O2/c16-10-2-5-1-8(10)13-6-3-9(12(5)13)14-7(6)4-11-15(14)17-11/h5-16H,1-4H2. The lowest BCUT2D eigenvalue weighted by atomic mass is 9.63. The van der Waals surface area contributed by atoms with Crippen molar-refractivity contribution in [3.8, 4) is 0 Å². The van der Waals surface area contributed by atoms with Gasteiger partial charge in [0.15, 0.2) is 0 Å². The molecule has 1 heterocycles. The summed E-state index contributed by atoms with van der Waals surface area (Å²) in [5, 5.41) is 10.2. The third-order valence-electron chi connectivity index (χ3n) is 7.67. The Labute approximate surface area is 102 Å². The van der Waals surface area contributed by atoms with Crippen LogP contribution in [0.1, 0.15) is 25.7 Å². The molecule has 11 unspecified atom stereocenters. The van der Waals surface area contributed by atoms with Gasteiger partial charge >= 0.3 is 0 Å². The lowest BCUT2D eigenvalue weighted by Crippen LogP contribution is -2.41. The molecular weight excluding hydrogens is 212 g/mol. The van der Waals surface area contributed by atoms with Crippen molar-refractivity contribution in [1.29, 1.82) is 0 Å². The van der Waals surface area contributed by atoms with Gasteiger partial charge in [-0.2, -0.15) is 0 Å². The van der Waals surface area contributed by atoms with Gasteiger partial charge in [-0.1, -0.05) is 0 Å². The number of hydrogen-bond donors (Lipinski definition) is 1. The van der Waals surface area contributed by atoms with Gasteiger partial charge in [0.1, 0.15) is 0 Å². The Morgan fingerprint density at radius 1 is 0.765 bits per heavy atom. The largest absolute Gasteiger partial charge is 0.393 e. The van der Waals surface area contributed by atoms with Crippen LogP contribution in [0.25, 0.3) is 0 Å². The van der Waals surface area contributed by atoms with Crippen LogP contribution >= 0.6 is 0 Å². The molecule has 1 N–H and O–H groups in total. The lowest BCUT2D eigenvalue weighted by Gasteiger charge is -2.42. The van der Waals surface area contributed by atoms with Crippen LogP contribution < -0.4 is 0 Å². The maximum Gasteiger partial charge on any atom is 0.0875 e. The third kappa shape index (κ3) is 0.805. The predicted molar refractivity (Wildman–Crippen MR) is 61.1 cm³/mol. The third-order valence-corrected chi connectivity index (χ3v) is 7.67. The summed E-state index contributed by atoms with van der Waals surface area (Å²) in [5.74, 6) is 7.42. The molecule has 92 valence electrons. The zero-order valence-electron chi connectivity index (χ0n) is 10.0. The first kappa shape index (κ1) is 8.92. The molecule has 5 aliphatic carbocycles. The van der Waals surface area contributed by atoms with E-state index in [0.29, 0.717) is 18.1 Å². The SMILES string of the molecule is OC1CC2CC1C1C3CC(C4C3CC3OC34)C21. The molecule has 0 aromatic rings. The normalized spacial score (nSPS) is 77.1. The summed E-state index contributed by atoms with van der Waals surface area (Å²) in [6, 6.07) is 0. The summed E-state index contributed by atoms with van der Waals surface area (Å²) in [6.45, 7) is 0. The highest BCUT2D eigenvalue weighted by Gasteiger charge is 2.73. The fourth-order valence-electron chi connectivity index (χ4n) is 7.53. The highest BCUT2D eigenvalue weighted by atomic mass is 16.6. The topological polar surface area (TPSA) is 32.8 Å². The Hall–Kier alpha value is -0.0800. The van der Waals surface area contributed by atoms with Gasteiger partial charge in [0.25, 0.3) is 0 Å². The van der Waals surface area contributed by atoms with E-state index in [0.717, 1.165) is 47.8 Å². The van der Waals surface area contributed by atoms with Gasteiger partial charge in [0.05, 0.1) is 18.3 Å². The summed E-state index contributed by atoms with van der Waals surface area (Å²) in [7, 11) is 0. The van der Waals surface area contributed by atoms with Crippen molar-refractivity contribution in [3.63, 3.8) is 0 Å². The smallest absolute Gasteiger partial charge is 0.0875 e. The number of ether oxygens (including phenoxy) is 1. The highest BCUT2D eigenvalue weighted by Crippen LogP contribution is 2.74. The predicted octanol–water partition coefficient (Wildman–Crippen LogP) is 1.67. The first-order valence-electron chi connectivity index (χ1n) is 7.66. The number of aliphatic hydroxyl groups is 1. The molecule has 0 amide bonds. The molecule has 1 saturated heterocycles. The van der Waals surface area contributed by atoms with Gasteiger partial charge in [0.2, 0.25) is 0 Å². The molecule has 11 atom stereocenters. The van der Waals surface area contributed by atoms with E-state index in [1.54, 1.807) is 0 Å². The van der Waals surface area contributed by atoms with Crippen LogP contribution in [0.4, 0.5) is 0 Å². The molecule has 2 heteroatoms. The van der Waals surface area contributed by atoms with Crippen LogP contribution in [-0.4, -0.2) is 23.4 Å². The van der Waals surface area contributed by atoms with Crippen molar-refractivity contribution in [1.82, 2.24) is 0 Å². The average Bonchev–Trinajstić information content (AvgIpc) is 2.78. The van der Waals surface area contributed by atoms with Crippen molar-refractivity contribution < 1.29 is 9.84 Å². The monoisotopic (exact) mass is 232 g/mol. The Morgan fingerprint density at radius 3 is 2.59 bits per heavy atom. The highest BCUT2D eigenvalue weighted by molar-refractivity contribution is 5.21. The first-order chi connectivity index (χ1) is 8.33. The maximum absolute atomic E-state index is 10.2. The molecule has 6 rings (SSSR count). The van der Waals surface area contributed by atoms with Crippen LogP contribution in [-0.2, 0) is 4.74 Å². The second kappa shape index (κ2) is 2.46. The minimum atomic E-state index is 0.0613. The molecule has 6 aliphatic rings. The number of fused-ring (bicyclic) bond motifs is 14. The van der Waals surface area contributed by atoms with Crippen LogP contribution in [0.15, 0.2) is 0 Å². The summed E-state index contributed by atoms with van der Waals surface area (Å²) in [4.78, 5) is 0. The Balaban J connectivity index is 1.45. The average molecular weight is 232 g/mol. The minimum absolute atomic E-state index is 0.0613. The molecule has 0 aromatic carbocycles. The van der Waals surface area contributed by atoms with Crippen molar-refractivity contribution in [2.45, 2.75) is 44.0 Å². The number of rotatable bonds is 0. The molecule has 0 spiro atoms. The van der Waals surface area contributed by atoms with Gasteiger partial charge in [-0.3, -0.25) is 0 Å². The molecule has 0 radical (unpaired) electrons. The number of hydrogen-bond acceptors (Lipinski definition) is 2. The molecule has 0 aromatic heterocycles. The van der Waals surface area contributed by atoms with Crippen molar-refractivity contribution in [2.75, 3.05) is 0 Å². The van der Waals surface area contributed by atoms with E-state index in [1.165, 1.54) is 19.3 Å². The van der Waals surface area contributed by atoms with E-state index >= 15 is 0 Å². The van der Waals surface area contributed by atoms with Crippen LogP contribution in [0, 0.1) is 47.3 Å². The summed E-state index contributed by atoms with van der Waals surface area (Å²) in [5.41, 5.74) is 0. The van der Waals surface area contributed by atoms with E-state index in [-0.39, 0.29) is 6.10 Å². The van der Waals surface area contributed by atoms with Crippen LogP contribution in [0.5, 0.6) is 0 Å². The number of aliphatic hydroxyl groups excluding tert-OH is 1. The van der Waals surface area contributed by atoms with Gasteiger partial charge in [-0.05, 0) is 73.0 Å². The zero-order valence-corrected chi connectivity index (χ0v) is 10.0. The minimum Gasteiger partial charge on any atom is -0.393 e. The van der Waals surface area contributed by atoms with E-state index in [2.05, 4.69) is 0 Å². The molecule has 6 fully saturated rings. The summed E-state index contributed by atoms with van der Waals surface area (Å²) < 4.78 is 5.82. The van der Waals surface area contributed by atoms with E-state index < -0.39 is 0 Å². The lowest BCUT2D eigenvalue weighted by molar-refractivity contribution is -0.0145. The second-order valence-corrected chi connectivity index (χ2v) is 7.80. The zero-order chi connectivity index (χ0) is 10.9. The Kier molecular flexibility index (Phi) is 1.29.